The highest BCUT2D eigenvalue weighted by molar-refractivity contribution is 5.56. The van der Waals surface area contributed by atoms with Crippen LogP contribution in [0, 0.1) is 0 Å². The van der Waals surface area contributed by atoms with Gasteiger partial charge in [0.25, 0.3) is 0 Å². The molecule has 3 rings (SSSR count). The first-order valence-corrected chi connectivity index (χ1v) is 6.97. The zero-order chi connectivity index (χ0) is 13.3. The van der Waals surface area contributed by atoms with Crippen LogP contribution in [0.1, 0.15) is 31.2 Å². The van der Waals surface area contributed by atoms with E-state index in [1.165, 1.54) is 18.4 Å². The summed E-state index contributed by atoms with van der Waals surface area (Å²) in [5.41, 5.74) is 7.28. The third kappa shape index (κ3) is 2.04. The number of rotatable bonds is 3. The zero-order valence-electron chi connectivity index (χ0n) is 11.4. The summed E-state index contributed by atoms with van der Waals surface area (Å²) < 4.78 is 17.0. The normalized spacial score (nSPS) is 20.3. The molecule has 2 aliphatic rings. The molecule has 0 spiro atoms. The third-order valence-corrected chi connectivity index (χ3v) is 4.37. The van der Waals surface area contributed by atoms with E-state index < -0.39 is 0 Å². The van der Waals surface area contributed by atoms with Crippen LogP contribution in [0.3, 0.4) is 0 Å². The highest BCUT2D eigenvalue weighted by Gasteiger charge is 2.38. The van der Waals surface area contributed by atoms with E-state index >= 15 is 0 Å². The quantitative estimate of drug-likeness (QED) is 0.908. The van der Waals surface area contributed by atoms with Gasteiger partial charge in [-0.1, -0.05) is 12.8 Å². The maximum Gasteiger partial charge on any atom is 0.165 e. The SMILES string of the molecule is COc1cc2c(c(C3(CN)CCCC3)c1)OCCO2. The van der Waals surface area contributed by atoms with Gasteiger partial charge in [0.2, 0.25) is 0 Å². The number of methoxy groups -OCH3 is 1. The summed E-state index contributed by atoms with van der Waals surface area (Å²) in [4.78, 5) is 0. The van der Waals surface area contributed by atoms with E-state index in [-0.39, 0.29) is 5.41 Å². The number of hydrogen-bond acceptors (Lipinski definition) is 4. The molecule has 0 radical (unpaired) electrons. The molecule has 4 nitrogen and oxygen atoms in total. The minimum atomic E-state index is 0.0271. The minimum Gasteiger partial charge on any atom is -0.497 e. The van der Waals surface area contributed by atoms with Crippen molar-refractivity contribution in [3.63, 3.8) is 0 Å². The number of nitrogens with two attached hydrogens (primary N) is 1. The maximum absolute atomic E-state index is 6.09. The molecule has 1 aromatic carbocycles. The summed E-state index contributed by atoms with van der Waals surface area (Å²) in [5, 5.41) is 0. The molecule has 2 N–H and O–H groups in total. The Morgan fingerprint density at radius 1 is 1.21 bits per heavy atom. The Morgan fingerprint density at radius 3 is 2.63 bits per heavy atom. The highest BCUT2D eigenvalue weighted by atomic mass is 16.6. The van der Waals surface area contributed by atoms with Gasteiger partial charge in [-0.25, -0.2) is 0 Å². The molecule has 1 aliphatic carbocycles. The van der Waals surface area contributed by atoms with Gasteiger partial charge >= 0.3 is 0 Å². The Bertz CT molecular complexity index is 467. The lowest BCUT2D eigenvalue weighted by atomic mass is 9.78. The largest absolute Gasteiger partial charge is 0.497 e. The Hall–Kier alpha value is -1.42. The molecular weight excluding hydrogens is 242 g/mol. The third-order valence-electron chi connectivity index (χ3n) is 4.37. The number of hydrogen-bond donors (Lipinski definition) is 1. The minimum absolute atomic E-state index is 0.0271. The summed E-state index contributed by atoms with van der Waals surface area (Å²) in [6.07, 6.45) is 4.69. The molecule has 1 saturated carbocycles. The molecule has 0 bridgehead atoms. The van der Waals surface area contributed by atoms with Crippen molar-refractivity contribution < 1.29 is 14.2 Å². The highest BCUT2D eigenvalue weighted by Crippen LogP contribution is 2.49. The van der Waals surface area contributed by atoms with Gasteiger partial charge in [0, 0.05) is 23.6 Å². The van der Waals surface area contributed by atoms with Gasteiger partial charge in [-0.15, -0.1) is 0 Å². The van der Waals surface area contributed by atoms with Crippen LogP contribution < -0.4 is 19.9 Å². The zero-order valence-corrected chi connectivity index (χ0v) is 11.4. The van der Waals surface area contributed by atoms with Gasteiger partial charge in [-0.05, 0) is 18.9 Å². The summed E-state index contributed by atoms with van der Waals surface area (Å²) in [6, 6.07) is 3.98. The lowest BCUT2D eigenvalue weighted by Crippen LogP contribution is -2.33. The van der Waals surface area contributed by atoms with Gasteiger partial charge in [0.15, 0.2) is 11.5 Å². The van der Waals surface area contributed by atoms with Crippen LogP contribution >= 0.6 is 0 Å². The van der Waals surface area contributed by atoms with Crippen LogP contribution in [0.5, 0.6) is 17.2 Å². The molecule has 4 heteroatoms. The Kier molecular flexibility index (Phi) is 3.27. The fourth-order valence-corrected chi connectivity index (χ4v) is 3.28. The molecule has 0 saturated heterocycles. The fraction of sp³-hybridized carbons (Fsp3) is 0.600. The van der Waals surface area contributed by atoms with Gasteiger partial charge in [-0.3, -0.25) is 0 Å². The van der Waals surface area contributed by atoms with Crippen molar-refractivity contribution >= 4 is 0 Å². The summed E-state index contributed by atoms with van der Waals surface area (Å²) in [7, 11) is 1.68. The van der Waals surface area contributed by atoms with E-state index in [9.17, 15) is 0 Å². The molecule has 1 fully saturated rings. The standard InChI is InChI=1S/C15H21NO3/c1-17-11-8-12(15(10-16)4-2-3-5-15)14-13(9-11)18-6-7-19-14/h8-9H,2-7,10,16H2,1H3. The molecule has 0 unspecified atom stereocenters. The topological polar surface area (TPSA) is 53.7 Å². The average molecular weight is 263 g/mol. The van der Waals surface area contributed by atoms with Crippen LogP contribution in [0.4, 0.5) is 0 Å². The van der Waals surface area contributed by atoms with E-state index in [0.29, 0.717) is 19.8 Å². The molecule has 1 heterocycles. The van der Waals surface area contributed by atoms with Crippen LogP contribution in [0.25, 0.3) is 0 Å². The summed E-state index contributed by atoms with van der Waals surface area (Å²) in [6.45, 7) is 1.85. The van der Waals surface area contributed by atoms with E-state index in [1.807, 2.05) is 6.07 Å². The summed E-state index contributed by atoms with van der Waals surface area (Å²) in [5.74, 6) is 2.48. The molecule has 0 aromatic heterocycles. The maximum atomic E-state index is 6.09. The monoisotopic (exact) mass is 263 g/mol. The smallest absolute Gasteiger partial charge is 0.165 e. The van der Waals surface area contributed by atoms with Crippen molar-refractivity contribution in [3.8, 4) is 17.2 Å². The second kappa shape index (κ2) is 4.93. The van der Waals surface area contributed by atoms with E-state index in [0.717, 1.165) is 30.1 Å². The average Bonchev–Trinajstić information content (AvgIpc) is 2.96. The molecule has 0 atom stereocenters. The van der Waals surface area contributed by atoms with E-state index in [1.54, 1.807) is 7.11 Å². The molecule has 104 valence electrons. The van der Waals surface area contributed by atoms with Crippen molar-refractivity contribution in [1.82, 2.24) is 0 Å². The Labute approximate surface area is 113 Å². The number of fused-ring (bicyclic) bond motifs is 1. The Balaban J connectivity index is 2.12. The lowest BCUT2D eigenvalue weighted by molar-refractivity contribution is 0.166. The second-order valence-electron chi connectivity index (χ2n) is 5.39. The first kappa shape index (κ1) is 12.6. The molecule has 1 aromatic rings. The number of benzene rings is 1. The van der Waals surface area contributed by atoms with Gasteiger partial charge < -0.3 is 19.9 Å². The van der Waals surface area contributed by atoms with Crippen LogP contribution in [-0.2, 0) is 5.41 Å². The van der Waals surface area contributed by atoms with Gasteiger partial charge in [0.1, 0.15) is 19.0 Å². The van der Waals surface area contributed by atoms with Crippen LogP contribution in [0.2, 0.25) is 0 Å². The fourth-order valence-electron chi connectivity index (χ4n) is 3.28. The van der Waals surface area contributed by atoms with Crippen molar-refractivity contribution in [1.29, 1.82) is 0 Å². The predicted molar refractivity (Wildman–Crippen MR) is 73.2 cm³/mol. The predicted octanol–water partition coefficient (Wildman–Crippen LogP) is 2.24. The molecule has 0 amide bonds. The Morgan fingerprint density at radius 2 is 1.95 bits per heavy atom. The molecule has 1 aliphatic heterocycles. The van der Waals surface area contributed by atoms with Crippen molar-refractivity contribution in [3.05, 3.63) is 17.7 Å². The van der Waals surface area contributed by atoms with Crippen molar-refractivity contribution in [2.45, 2.75) is 31.1 Å². The van der Waals surface area contributed by atoms with E-state index in [2.05, 4.69) is 6.07 Å². The summed E-state index contributed by atoms with van der Waals surface area (Å²) >= 11 is 0. The first-order valence-electron chi connectivity index (χ1n) is 6.97. The lowest BCUT2D eigenvalue weighted by Gasteiger charge is -2.32. The van der Waals surface area contributed by atoms with Crippen LogP contribution in [0.15, 0.2) is 12.1 Å². The van der Waals surface area contributed by atoms with Crippen LogP contribution in [-0.4, -0.2) is 26.9 Å². The molecular formula is C15H21NO3. The van der Waals surface area contributed by atoms with Gasteiger partial charge in [-0.2, -0.15) is 0 Å². The second-order valence-corrected chi connectivity index (χ2v) is 5.39. The van der Waals surface area contributed by atoms with Gasteiger partial charge in [0.05, 0.1) is 7.11 Å². The van der Waals surface area contributed by atoms with E-state index in [4.69, 9.17) is 19.9 Å². The van der Waals surface area contributed by atoms with Crippen molar-refractivity contribution in [2.75, 3.05) is 26.9 Å². The first-order chi connectivity index (χ1) is 9.29. The molecule has 19 heavy (non-hydrogen) atoms. The number of ether oxygens (including phenoxy) is 3. The van der Waals surface area contributed by atoms with Crippen molar-refractivity contribution in [2.24, 2.45) is 5.73 Å².